The van der Waals surface area contributed by atoms with Crippen LogP contribution in [0.25, 0.3) is 0 Å². The van der Waals surface area contributed by atoms with Gasteiger partial charge in [0, 0.05) is 26.2 Å². The quantitative estimate of drug-likeness (QED) is 0.788. The van der Waals surface area contributed by atoms with Crippen LogP contribution < -0.4 is 0 Å². The van der Waals surface area contributed by atoms with E-state index in [1.807, 2.05) is 12.1 Å². The molecule has 0 amide bonds. The Morgan fingerprint density at radius 3 is 2.00 bits per heavy atom. The topological polar surface area (TPSA) is 74.8 Å². The summed E-state index contributed by atoms with van der Waals surface area (Å²) in [6.45, 7) is 6.82. The van der Waals surface area contributed by atoms with Gasteiger partial charge in [-0.15, -0.1) is 0 Å². The van der Waals surface area contributed by atoms with Crippen molar-refractivity contribution in [1.82, 2.24) is 8.61 Å². The third kappa shape index (κ3) is 4.17. The summed E-state index contributed by atoms with van der Waals surface area (Å²) >= 11 is 0. The smallest absolute Gasteiger partial charge is 0.212 e. The first kappa shape index (κ1) is 19.4. The predicted octanol–water partition coefficient (Wildman–Crippen LogP) is 1.86. The van der Waals surface area contributed by atoms with Gasteiger partial charge in [0.25, 0.3) is 0 Å². The Hall–Kier alpha value is -0.960. The molecule has 0 saturated carbocycles. The molecule has 1 aliphatic rings. The summed E-state index contributed by atoms with van der Waals surface area (Å²) in [7, 11) is -6.87. The fourth-order valence-corrected chi connectivity index (χ4v) is 5.35. The van der Waals surface area contributed by atoms with E-state index in [0.717, 1.165) is 5.56 Å². The number of hydrogen-bond donors (Lipinski definition) is 0. The van der Waals surface area contributed by atoms with Gasteiger partial charge in [0.1, 0.15) is 0 Å². The van der Waals surface area contributed by atoms with Crippen molar-refractivity contribution in [1.29, 1.82) is 0 Å². The molecule has 1 fully saturated rings. The van der Waals surface area contributed by atoms with Gasteiger partial charge < -0.3 is 0 Å². The summed E-state index contributed by atoms with van der Waals surface area (Å²) in [5.74, 6) is 0.379. The molecular weight excluding hydrogens is 348 g/mol. The SMILES string of the molecule is CCS(=O)(=O)N1CCCN(S(=O)(=O)c2ccc(C(C)C)cc2)CC1. The van der Waals surface area contributed by atoms with Crippen LogP contribution in [0.5, 0.6) is 0 Å². The van der Waals surface area contributed by atoms with Gasteiger partial charge in [-0.1, -0.05) is 26.0 Å². The van der Waals surface area contributed by atoms with E-state index in [0.29, 0.717) is 25.4 Å². The van der Waals surface area contributed by atoms with Crippen LogP contribution in [0.4, 0.5) is 0 Å². The lowest BCUT2D eigenvalue weighted by molar-refractivity contribution is 0.405. The van der Waals surface area contributed by atoms with Gasteiger partial charge in [-0.2, -0.15) is 4.31 Å². The highest BCUT2D eigenvalue weighted by Crippen LogP contribution is 2.21. The second-order valence-electron chi connectivity index (χ2n) is 6.28. The van der Waals surface area contributed by atoms with E-state index in [1.165, 1.54) is 8.61 Å². The molecule has 1 aromatic carbocycles. The Labute approximate surface area is 145 Å². The van der Waals surface area contributed by atoms with E-state index in [4.69, 9.17) is 0 Å². The van der Waals surface area contributed by atoms with Gasteiger partial charge in [0.15, 0.2) is 0 Å². The van der Waals surface area contributed by atoms with Gasteiger partial charge in [-0.05, 0) is 37.0 Å². The summed E-state index contributed by atoms with van der Waals surface area (Å²) < 4.78 is 52.4. The highest BCUT2D eigenvalue weighted by molar-refractivity contribution is 7.89. The first-order valence-electron chi connectivity index (χ1n) is 8.26. The molecule has 0 aromatic heterocycles. The van der Waals surface area contributed by atoms with E-state index in [2.05, 4.69) is 13.8 Å². The third-order valence-electron chi connectivity index (χ3n) is 4.36. The van der Waals surface area contributed by atoms with Crippen molar-refractivity contribution >= 4 is 20.0 Å². The molecule has 24 heavy (non-hydrogen) atoms. The lowest BCUT2D eigenvalue weighted by atomic mass is 10.0. The summed E-state index contributed by atoms with van der Waals surface area (Å²) in [5.41, 5.74) is 1.09. The minimum atomic E-state index is -3.59. The summed E-state index contributed by atoms with van der Waals surface area (Å²) in [4.78, 5) is 0.263. The average molecular weight is 375 g/mol. The molecular formula is C16H26N2O4S2. The van der Waals surface area contributed by atoms with E-state index in [1.54, 1.807) is 19.1 Å². The number of sulfonamides is 2. The molecule has 0 unspecified atom stereocenters. The van der Waals surface area contributed by atoms with Crippen LogP contribution in [0.2, 0.25) is 0 Å². The Kier molecular flexibility index (Phi) is 6.06. The maximum absolute atomic E-state index is 12.8. The van der Waals surface area contributed by atoms with Crippen LogP contribution in [0.3, 0.4) is 0 Å². The van der Waals surface area contributed by atoms with Gasteiger partial charge >= 0.3 is 0 Å². The molecule has 0 bridgehead atoms. The van der Waals surface area contributed by atoms with Crippen molar-refractivity contribution in [2.75, 3.05) is 31.9 Å². The van der Waals surface area contributed by atoms with Crippen molar-refractivity contribution in [3.63, 3.8) is 0 Å². The Morgan fingerprint density at radius 1 is 0.917 bits per heavy atom. The van der Waals surface area contributed by atoms with Crippen LogP contribution in [0, 0.1) is 0 Å². The monoisotopic (exact) mass is 374 g/mol. The lowest BCUT2D eigenvalue weighted by Crippen LogP contribution is -2.37. The predicted molar refractivity (Wildman–Crippen MR) is 94.9 cm³/mol. The van der Waals surface area contributed by atoms with Gasteiger partial charge in [0.2, 0.25) is 20.0 Å². The first-order valence-corrected chi connectivity index (χ1v) is 11.3. The van der Waals surface area contributed by atoms with Crippen LogP contribution in [-0.2, 0) is 20.0 Å². The molecule has 6 nitrogen and oxygen atoms in total. The average Bonchev–Trinajstić information content (AvgIpc) is 2.82. The van der Waals surface area contributed by atoms with Crippen LogP contribution in [-0.4, -0.2) is 57.4 Å². The van der Waals surface area contributed by atoms with Crippen LogP contribution in [0.1, 0.15) is 38.7 Å². The maximum atomic E-state index is 12.8. The van der Waals surface area contributed by atoms with Crippen molar-refractivity contribution in [2.24, 2.45) is 0 Å². The summed E-state index contributed by atoms with van der Waals surface area (Å²) in [6, 6.07) is 6.94. The standard InChI is InChI=1S/C16H26N2O4S2/c1-4-23(19,20)17-10-5-11-18(13-12-17)24(21,22)16-8-6-15(7-9-16)14(2)3/h6-9,14H,4-5,10-13H2,1-3H3. The Bertz CT molecular complexity index is 756. The first-order chi connectivity index (χ1) is 11.2. The molecule has 0 N–H and O–H groups in total. The zero-order valence-corrected chi connectivity index (χ0v) is 16.1. The second-order valence-corrected chi connectivity index (χ2v) is 10.5. The van der Waals surface area contributed by atoms with Crippen molar-refractivity contribution in [2.45, 2.75) is 38.0 Å². The second kappa shape index (κ2) is 7.51. The molecule has 1 saturated heterocycles. The fourth-order valence-electron chi connectivity index (χ4n) is 2.74. The molecule has 1 heterocycles. The molecule has 1 aromatic rings. The van der Waals surface area contributed by atoms with E-state index >= 15 is 0 Å². The van der Waals surface area contributed by atoms with Crippen molar-refractivity contribution in [3.05, 3.63) is 29.8 Å². The van der Waals surface area contributed by atoms with E-state index in [-0.39, 0.29) is 23.7 Å². The molecule has 0 radical (unpaired) electrons. The van der Waals surface area contributed by atoms with Crippen molar-refractivity contribution < 1.29 is 16.8 Å². The van der Waals surface area contributed by atoms with Crippen molar-refractivity contribution in [3.8, 4) is 0 Å². The normalized spacial score (nSPS) is 18.7. The molecule has 0 atom stereocenters. The zero-order chi connectivity index (χ0) is 18.0. The van der Waals surface area contributed by atoms with Gasteiger partial charge in [-0.3, -0.25) is 0 Å². The highest BCUT2D eigenvalue weighted by atomic mass is 32.2. The largest absolute Gasteiger partial charge is 0.243 e. The molecule has 0 aliphatic carbocycles. The number of nitrogens with zero attached hydrogens (tertiary/aromatic N) is 2. The molecule has 136 valence electrons. The van der Waals surface area contributed by atoms with Gasteiger partial charge in [0.05, 0.1) is 10.6 Å². The van der Waals surface area contributed by atoms with Crippen LogP contribution >= 0.6 is 0 Å². The maximum Gasteiger partial charge on any atom is 0.243 e. The number of hydrogen-bond acceptors (Lipinski definition) is 4. The Morgan fingerprint density at radius 2 is 1.46 bits per heavy atom. The van der Waals surface area contributed by atoms with E-state index < -0.39 is 20.0 Å². The zero-order valence-electron chi connectivity index (χ0n) is 14.5. The summed E-state index contributed by atoms with van der Waals surface area (Å²) in [6.07, 6.45) is 0.503. The van der Waals surface area contributed by atoms with Gasteiger partial charge in [-0.25, -0.2) is 21.1 Å². The fraction of sp³-hybridized carbons (Fsp3) is 0.625. The lowest BCUT2D eigenvalue weighted by Gasteiger charge is -2.21. The molecule has 0 spiro atoms. The molecule has 2 rings (SSSR count). The van der Waals surface area contributed by atoms with Crippen LogP contribution in [0.15, 0.2) is 29.2 Å². The number of rotatable bonds is 5. The number of benzene rings is 1. The Balaban J connectivity index is 2.18. The minimum Gasteiger partial charge on any atom is -0.212 e. The highest BCUT2D eigenvalue weighted by Gasteiger charge is 2.30. The molecule has 1 aliphatic heterocycles. The van der Waals surface area contributed by atoms with E-state index in [9.17, 15) is 16.8 Å². The third-order valence-corrected chi connectivity index (χ3v) is 8.15. The summed E-state index contributed by atoms with van der Waals surface area (Å²) in [5, 5.41) is 0. The molecule has 8 heteroatoms. The minimum absolute atomic E-state index is 0.0381.